The van der Waals surface area contributed by atoms with E-state index in [1.807, 2.05) is 0 Å². The third-order valence-electron chi connectivity index (χ3n) is 2.56. The summed E-state index contributed by atoms with van der Waals surface area (Å²) in [5, 5.41) is 2.01. The molecule has 0 aliphatic heterocycles. The number of rotatable bonds is 6. The summed E-state index contributed by atoms with van der Waals surface area (Å²) in [4.78, 5) is 0. The van der Waals surface area contributed by atoms with Crippen LogP contribution in [-0.2, 0) is 19.4 Å². The number of alkyl halides is 3. The molecule has 0 aliphatic carbocycles. The summed E-state index contributed by atoms with van der Waals surface area (Å²) in [6, 6.07) is 4.55. The number of aromatic nitrogens is 1. The lowest BCUT2D eigenvalue weighted by Crippen LogP contribution is -3.00. The molecule has 0 fully saturated rings. The predicted molar refractivity (Wildman–Crippen MR) is 77.1 cm³/mol. The standard InChI is InChI=1S/C12H17Br2ClN.ClH/c1-10-8-11(2-4-13)9-12(3-5-14)16(10)7-6-15;/h8-9H,2-7H2,1H3;1H/q+1;/p-1. The van der Waals surface area contributed by atoms with E-state index in [1.54, 1.807) is 0 Å². The van der Waals surface area contributed by atoms with E-state index in [4.69, 9.17) is 11.6 Å². The van der Waals surface area contributed by atoms with Crippen molar-refractivity contribution in [3.63, 3.8) is 0 Å². The molecule has 1 rings (SSSR count). The van der Waals surface area contributed by atoms with Crippen molar-refractivity contribution < 1.29 is 17.0 Å². The van der Waals surface area contributed by atoms with Gasteiger partial charge in [-0.2, -0.15) is 4.57 Å². The highest BCUT2D eigenvalue weighted by atomic mass is 79.9. The maximum absolute atomic E-state index is 5.84. The minimum absolute atomic E-state index is 0. The molecule has 0 radical (unpaired) electrons. The zero-order valence-corrected chi connectivity index (χ0v) is 14.5. The molecule has 5 heteroatoms. The zero-order valence-electron chi connectivity index (χ0n) is 9.86. The van der Waals surface area contributed by atoms with Crippen LogP contribution >= 0.6 is 43.5 Å². The fourth-order valence-electron chi connectivity index (χ4n) is 1.87. The average Bonchev–Trinajstić information content (AvgIpc) is 2.24. The summed E-state index contributed by atoms with van der Waals surface area (Å²) >= 11 is 12.8. The van der Waals surface area contributed by atoms with Gasteiger partial charge in [-0.15, -0.1) is 11.6 Å². The molecule has 0 bridgehead atoms. The van der Waals surface area contributed by atoms with Crippen LogP contribution in [0.2, 0.25) is 0 Å². The Kier molecular flexibility index (Phi) is 9.99. The summed E-state index contributed by atoms with van der Waals surface area (Å²) in [5.74, 6) is 0.665. The molecule has 0 N–H and O–H groups in total. The molecule has 0 spiro atoms. The molecular formula is C12H17Br2Cl2N. The number of halogens is 4. The van der Waals surface area contributed by atoms with Crippen molar-refractivity contribution in [3.05, 3.63) is 29.1 Å². The van der Waals surface area contributed by atoms with Crippen molar-refractivity contribution in [2.75, 3.05) is 16.5 Å². The molecule has 1 aromatic heterocycles. The molecule has 0 atom stereocenters. The van der Waals surface area contributed by atoms with Crippen LogP contribution in [0.5, 0.6) is 0 Å². The van der Waals surface area contributed by atoms with Crippen LogP contribution in [0.25, 0.3) is 0 Å². The molecule has 0 amide bonds. The first-order valence-electron chi connectivity index (χ1n) is 5.43. The first-order valence-corrected chi connectivity index (χ1v) is 8.20. The highest BCUT2D eigenvalue weighted by Crippen LogP contribution is 2.08. The van der Waals surface area contributed by atoms with Gasteiger partial charge in [0.05, 0.1) is 5.88 Å². The Morgan fingerprint density at radius 2 is 1.82 bits per heavy atom. The highest BCUT2D eigenvalue weighted by molar-refractivity contribution is 9.09. The fourth-order valence-corrected chi connectivity index (χ4v) is 2.90. The van der Waals surface area contributed by atoms with Crippen LogP contribution in [0.4, 0.5) is 0 Å². The Balaban J connectivity index is 0.00000256. The lowest BCUT2D eigenvalue weighted by molar-refractivity contribution is -0.705. The Bertz CT molecular complexity index is 346. The summed E-state index contributed by atoms with van der Waals surface area (Å²) < 4.78 is 2.31. The quantitative estimate of drug-likeness (QED) is 0.476. The predicted octanol–water partition coefficient (Wildman–Crippen LogP) is 0.400. The van der Waals surface area contributed by atoms with Crippen LogP contribution in [-0.4, -0.2) is 16.5 Å². The van der Waals surface area contributed by atoms with Crippen LogP contribution in [0, 0.1) is 6.92 Å². The van der Waals surface area contributed by atoms with Crippen LogP contribution in [0.1, 0.15) is 17.0 Å². The van der Waals surface area contributed by atoms with E-state index in [-0.39, 0.29) is 12.4 Å². The van der Waals surface area contributed by atoms with Gasteiger partial charge in [-0.25, -0.2) is 0 Å². The number of aryl methyl sites for hydroxylation is 3. The van der Waals surface area contributed by atoms with Crippen molar-refractivity contribution in [2.45, 2.75) is 26.3 Å². The molecule has 0 saturated heterocycles. The zero-order chi connectivity index (χ0) is 12.0. The van der Waals surface area contributed by atoms with Gasteiger partial charge in [0.25, 0.3) is 0 Å². The molecule has 1 aromatic rings. The molecule has 0 aliphatic rings. The molecule has 0 saturated carbocycles. The minimum Gasteiger partial charge on any atom is -1.00 e. The van der Waals surface area contributed by atoms with Gasteiger partial charge in [0.2, 0.25) is 0 Å². The summed E-state index contributed by atoms with van der Waals surface area (Å²) in [7, 11) is 0. The third kappa shape index (κ3) is 5.46. The number of pyridine rings is 1. The fraction of sp³-hybridized carbons (Fsp3) is 0.583. The maximum atomic E-state index is 5.84. The summed E-state index contributed by atoms with van der Waals surface area (Å²) in [5.41, 5.74) is 4.07. The van der Waals surface area contributed by atoms with Gasteiger partial charge in [-0.3, -0.25) is 0 Å². The maximum Gasteiger partial charge on any atom is 0.182 e. The summed E-state index contributed by atoms with van der Waals surface area (Å²) in [6.45, 7) is 3.05. The molecule has 98 valence electrons. The molecule has 17 heavy (non-hydrogen) atoms. The van der Waals surface area contributed by atoms with E-state index < -0.39 is 0 Å². The lowest BCUT2D eigenvalue weighted by Gasteiger charge is -2.07. The normalized spacial score (nSPS) is 10.1. The van der Waals surface area contributed by atoms with Crippen LogP contribution in [0.15, 0.2) is 12.1 Å². The van der Waals surface area contributed by atoms with Crippen molar-refractivity contribution in [3.8, 4) is 0 Å². The molecule has 1 heterocycles. The number of hydrogen-bond donors (Lipinski definition) is 0. The Morgan fingerprint density at radius 3 is 2.35 bits per heavy atom. The Labute approximate surface area is 132 Å². The van der Waals surface area contributed by atoms with Gasteiger partial charge in [0, 0.05) is 36.1 Å². The van der Waals surface area contributed by atoms with Gasteiger partial charge in [-0.05, 0) is 12.0 Å². The largest absolute Gasteiger partial charge is 1.00 e. The van der Waals surface area contributed by atoms with E-state index in [2.05, 4.69) is 55.5 Å². The van der Waals surface area contributed by atoms with E-state index in [0.717, 1.165) is 30.0 Å². The second kappa shape index (κ2) is 9.60. The second-order valence-electron chi connectivity index (χ2n) is 3.71. The van der Waals surface area contributed by atoms with Crippen molar-refractivity contribution in [1.29, 1.82) is 0 Å². The van der Waals surface area contributed by atoms with E-state index in [0.29, 0.717) is 5.88 Å². The average molecular weight is 406 g/mol. The van der Waals surface area contributed by atoms with E-state index in [1.165, 1.54) is 17.0 Å². The summed E-state index contributed by atoms with van der Waals surface area (Å²) in [6.07, 6.45) is 2.13. The first-order chi connectivity index (χ1) is 7.72. The molecular weight excluding hydrogens is 389 g/mol. The van der Waals surface area contributed by atoms with Gasteiger partial charge in [-0.1, -0.05) is 31.9 Å². The minimum atomic E-state index is 0. The highest BCUT2D eigenvalue weighted by Gasteiger charge is 2.14. The van der Waals surface area contributed by atoms with Crippen molar-refractivity contribution in [2.24, 2.45) is 0 Å². The third-order valence-corrected chi connectivity index (χ3v) is 3.52. The topological polar surface area (TPSA) is 3.88 Å². The van der Waals surface area contributed by atoms with Gasteiger partial charge in [0.15, 0.2) is 17.9 Å². The monoisotopic (exact) mass is 403 g/mol. The van der Waals surface area contributed by atoms with Crippen molar-refractivity contribution in [1.82, 2.24) is 0 Å². The first kappa shape index (κ1) is 17.7. The van der Waals surface area contributed by atoms with Crippen LogP contribution < -0.4 is 17.0 Å². The van der Waals surface area contributed by atoms with Gasteiger partial charge in [0.1, 0.15) is 0 Å². The van der Waals surface area contributed by atoms with Crippen LogP contribution in [0.3, 0.4) is 0 Å². The lowest BCUT2D eigenvalue weighted by atomic mass is 10.1. The Hall–Kier alpha value is 0.690. The smallest absolute Gasteiger partial charge is 0.182 e. The van der Waals surface area contributed by atoms with E-state index in [9.17, 15) is 0 Å². The van der Waals surface area contributed by atoms with Crippen molar-refractivity contribution >= 4 is 43.5 Å². The number of nitrogens with zero attached hydrogens (tertiary/aromatic N) is 1. The molecule has 1 nitrogen and oxygen atoms in total. The second-order valence-corrected chi connectivity index (χ2v) is 5.68. The SMILES string of the molecule is Cc1cc(CCBr)cc(CCBr)[n+]1CCCl.[Cl-]. The Morgan fingerprint density at radius 1 is 1.18 bits per heavy atom. The van der Waals surface area contributed by atoms with Gasteiger partial charge < -0.3 is 12.4 Å². The number of hydrogen-bond acceptors (Lipinski definition) is 0. The van der Waals surface area contributed by atoms with E-state index >= 15 is 0 Å². The van der Waals surface area contributed by atoms with Gasteiger partial charge >= 0.3 is 0 Å². The molecule has 0 aromatic carbocycles. The molecule has 0 unspecified atom stereocenters.